The Hall–Kier alpha value is -2.07. The predicted molar refractivity (Wildman–Crippen MR) is 85.2 cm³/mol. The number of benzene rings is 1. The van der Waals surface area contributed by atoms with Crippen LogP contribution in [0.5, 0.6) is 11.5 Å². The number of rotatable bonds is 4. The maximum absolute atomic E-state index is 11.0. The molecule has 116 valence electrons. The smallest absolute Gasteiger partial charge is 0.160 e. The van der Waals surface area contributed by atoms with Crippen LogP contribution in [-0.4, -0.2) is 31.1 Å². The third kappa shape index (κ3) is 2.92. The van der Waals surface area contributed by atoms with Crippen LogP contribution in [0.1, 0.15) is 24.8 Å². The van der Waals surface area contributed by atoms with Gasteiger partial charge in [0.25, 0.3) is 0 Å². The molecule has 2 N–H and O–H groups in total. The highest BCUT2D eigenvalue weighted by Crippen LogP contribution is 2.33. The summed E-state index contributed by atoms with van der Waals surface area (Å²) in [6, 6.07) is 5.84. The van der Waals surface area contributed by atoms with Gasteiger partial charge in [-0.2, -0.15) is 0 Å². The van der Waals surface area contributed by atoms with Gasteiger partial charge in [-0.1, -0.05) is 17.7 Å². The van der Waals surface area contributed by atoms with Gasteiger partial charge in [0.05, 0.1) is 7.11 Å². The van der Waals surface area contributed by atoms with E-state index in [2.05, 4.69) is 5.32 Å². The highest BCUT2D eigenvalue weighted by molar-refractivity contribution is 5.75. The van der Waals surface area contributed by atoms with Crippen molar-refractivity contribution in [3.63, 3.8) is 0 Å². The normalized spacial score (nSPS) is 21.1. The Morgan fingerprint density at radius 3 is 3.05 bits per heavy atom. The van der Waals surface area contributed by atoms with Crippen LogP contribution in [0.15, 0.2) is 41.0 Å². The third-order valence-corrected chi connectivity index (χ3v) is 4.53. The molecule has 3 rings (SSSR count). The number of hydrogen-bond donors (Lipinski definition) is 2. The topological polar surface area (TPSA) is 58.6 Å². The summed E-state index contributed by atoms with van der Waals surface area (Å²) in [6.07, 6.45) is 6.51. The van der Waals surface area contributed by atoms with Crippen molar-refractivity contribution in [3.8, 4) is 11.5 Å². The Kier molecular flexibility index (Phi) is 4.29. The van der Waals surface area contributed by atoms with Gasteiger partial charge in [-0.3, -0.25) is 4.79 Å². The molecule has 1 aliphatic heterocycles. The number of phenolic OH excluding ortho intramolecular Hbond substituents is 1. The molecule has 0 fully saturated rings. The molecule has 4 nitrogen and oxygen atoms in total. The van der Waals surface area contributed by atoms with Gasteiger partial charge in [-0.05, 0) is 61.1 Å². The molecular formula is C18H21NO3. The first-order valence-corrected chi connectivity index (χ1v) is 7.65. The number of carbonyl (C=O) groups excluding carboxylic acids is 1. The van der Waals surface area contributed by atoms with Crippen LogP contribution in [0, 0.1) is 0 Å². The van der Waals surface area contributed by atoms with Gasteiger partial charge >= 0.3 is 0 Å². The fourth-order valence-corrected chi connectivity index (χ4v) is 3.36. The van der Waals surface area contributed by atoms with Gasteiger partial charge in [0, 0.05) is 6.04 Å². The minimum Gasteiger partial charge on any atom is -0.504 e. The van der Waals surface area contributed by atoms with Crippen molar-refractivity contribution in [2.45, 2.75) is 31.7 Å². The predicted octanol–water partition coefficient (Wildman–Crippen LogP) is 2.52. The molecule has 1 aliphatic carbocycles. The van der Waals surface area contributed by atoms with Gasteiger partial charge in [-0.15, -0.1) is 0 Å². The molecule has 1 heterocycles. The fraction of sp³-hybridized carbons (Fsp3) is 0.389. The molecule has 2 aliphatic rings. The van der Waals surface area contributed by atoms with E-state index in [0.717, 1.165) is 49.7 Å². The van der Waals surface area contributed by atoms with Crippen LogP contribution in [0.4, 0.5) is 0 Å². The average Bonchev–Trinajstić information content (AvgIpc) is 2.55. The summed E-state index contributed by atoms with van der Waals surface area (Å²) in [6.45, 7) is 0.942. The number of methoxy groups -OCH3 is 1. The molecule has 0 saturated carbocycles. The lowest BCUT2D eigenvalue weighted by molar-refractivity contribution is -0.105. The summed E-state index contributed by atoms with van der Waals surface area (Å²) in [5.74, 6) is 0.674. The van der Waals surface area contributed by atoms with Crippen LogP contribution in [-0.2, 0) is 11.2 Å². The van der Waals surface area contributed by atoms with Gasteiger partial charge < -0.3 is 15.2 Å². The lowest BCUT2D eigenvalue weighted by Gasteiger charge is -2.32. The molecule has 1 aromatic rings. The Morgan fingerprint density at radius 1 is 1.45 bits per heavy atom. The lowest BCUT2D eigenvalue weighted by Crippen LogP contribution is -2.39. The van der Waals surface area contributed by atoms with E-state index in [4.69, 9.17) is 4.74 Å². The van der Waals surface area contributed by atoms with Gasteiger partial charge in [0.2, 0.25) is 0 Å². The van der Waals surface area contributed by atoms with Crippen molar-refractivity contribution < 1.29 is 14.6 Å². The fourth-order valence-electron chi connectivity index (χ4n) is 3.36. The molecule has 0 radical (unpaired) electrons. The van der Waals surface area contributed by atoms with Crippen LogP contribution in [0.2, 0.25) is 0 Å². The van der Waals surface area contributed by atoms with Crippen LogP contribution < -0.4 is 10.1 Å². The maximum Gasteiger partial charge on any atom is 0.160 e. The first-order chi connectivity index (χ1) is 10.7. The molecular weight excluding hydrogens is 278 g/mol. The van der Waals surface area contributed by atoms with E-state index in [1.165, 1.54) is 11.1 Å². The van der Waals surface area contributed by atoms with Crippen molar-refractivity contribution in [2.24, 2.45) is 0 Å². The van der Waals surface area contributed by atoms with E-state index >= 15 is 0 Å². The first-order valence-electron chi connectivity index (χ1n) is 7.65. The summed E-state index contributed by atoms with van der Waals surface area (Å²) in [5, 5.41) is 13.5. The van der Waals surface area contributed by atoms with E-state index in [9.17, 15) is 9.90 Å². The molecule has 0 saturated heterocycles. The molecule has 4 heteroatoms. The molecule has 0 aromatic heterocycles. The second-order valence-corrected chi connectivity index (χ2v) is 5.87. The van der Waals surface area contributed by atoms with E-state index in [-0.39, 0.29) is 11.8 Å². The quantitative estimate of drug-likeness (QED) is 0.662. The van der Waals surface area contributed by atoms with Gasteiger partial charge in [0.15, 0.2) is 11.5 Å². The van der Waals surface area contributed by atoms with Crippen LogP contribution in [0.25, 0.3) is 0 Å². The van der Waals surface area contributed by atoms with Crippen LogP contribution in [0.3, 0.4) is 0 Å². The SMILES string of the molecule is COc1ccc(CC2NCCC3=C2CC=C(C=O)C3)cc1O. The number of aldehydes is 1. The number of carbonyl (C=O) groups is 1. The number of nitrogens with one attached hydrogen (secondary N) is 1. The minimum atomic E-state index is 0.178. The monoisotopic (exact) mass is 299 g/mol. The second-order valence-electron chi connectivity index (χ2n) is 5.87. The maximum atomic E-state index is 11.0. The molecule has 1 aromatic carbocycles. The summed E-state index contributed by atoms with van der Waals surface area (Å²) < 4.78 is 5.08. The Morgan fingerprint density at radius 2 is 2.32 bits per heavy atom. The third-order valence-electron chi connectivity index (χ3n) is 4.53. The Balaban J connectivity index is 1.78. The first kappa shape index (κ1) is 14.9. The zero-order valence-corrected chi connectivity index (χ0v) is 12.8. The standard InChI is InChI=1S/C18H21NO3/c1-22-18-5-3-12(10-17(18)21)9-16-15-4-2-13(11-20)8-14(15)6-7-19-16/h2-3,5,10-11,16,19,21H,4,6-9H2,1H3. The van der Waals surface area contributed by atoms with Crippen molar-refractivity contribution in [1.82, 2.24) is 5.32 Å². The highest BCUT2D eigenvalue weighted by atomic mass is 16.5. The molecule has 0 amide bonds. The summed E-state index contributed by atoms with van der Waals surface area (Å²) >= 11 is 0. The van der Waals surface area contributed by atoms with Gasteiger partial charge in [-0.25, -0.2) is 0 Å². The molecule has 1 atom stereocenters. The summed E-state index contributed by atoms with van der Waals surface area (Å²) in [7, 11) is 1.55. The zero-order valence-electron chi connectivity index (χ0n) is 12.8. The summed E-state index contributed by atoms with van der Waals surface area (Å²) in [5.41, 5.74) is 4.80. The second kappa shape index (κ2) is 6.36. The highest BCUT2D eigenvalue weighted by Gasteiger charge is 2.25. The number of ether oxygens (including phenoxy) is 1. The van der Waals surface area contributed by atoms with E-state index in [1.807, 2.05) is 12.1 Å². The van der Waals surface area contributed by atoms with Crippen molar-refractivity contribution >= 4 is 6.29 Å². The van der Waals surface area contributed by atoms with E-state index < -0.39 is 0 Å². The van der Waals surface area contributed by atoms with Gasteiger partial charge in [0.1, 0.15) is 6.29 Å². The molecule has 0 bridgehead atoms. The van der Waals surface area contributed by atoms with E-state index in [1.54, 1.807) is 19.2 Å². The minimum absolute atomic E-state index is 0.178. The van der Waals surface area contributed by atoms with Crippen molar-refractivity contribution in [1.29, 1.82) is 0 Å². The van der Waals surface area contributed by atoms with Crippen molar-refractivity contribution in [2.75, 3.05) is 13.7 Å². The van der Waals surface area contributed by atoms with E-state index in [0.29, 0.717) is 5.75 Å². The number of allylic oxidation sites excluding steroid dienone is 2. The number of aromatic hydroxyl groups is 1. The molecule has 1 unspecified atom stereocenters. The molecule has 22 heavy (non-hydrogen) atoms. The largest absolute Gasteiger partial charge is 0.504 e. The van der Waals surface area contributed by atoms with Crippen molar-refractivity contribution in [3.05, 3.63) is 46.6 Å². The van der Waals surface area contributed by atoms with Crippen LogP contribution >= 0.6 is 0 Å². The molecule has 0 spiro atoms. The lowest BCUT2D eigenvalue weighted by atomic mass is 9.82. The Labute approximate surface area is 130 Å². The Bertz CT molecular complexity index is 646. The average molecular weight is 299 g/mol. The number of hydrogen-bond acceptors (Lipinski definition) is 4. The zero-order chi connectivity index (χ0) is 15.5. The number of phenols is 1. The summed E-state index contributed by atoms with van der Waals surface area (Å²) in [4.78, 5) is 11.0.